The van der Waals surface area contributed by atoms with Crippen LogP contribution < -0.4 is 4.74 Å². The van der Waals surface area contributed by atoms with Crippen molar-refractivity contribution in [1.82, 2.24) is 4.90 Å². The number of likely N-dealkylation sites (N-methyl/N-ethyl adjacent to an activating group) is 1. The number of carbonyl (C=O) groups is 2. The van der Waals surface area contributed by atoms with Gasteiger partial charge in [0.25, 0.3) is 0 Å². The number of para-hydroxylation sites is 1. The highest BCUT2D eigenvalue weighted by atomic mass is 16.6. The first-order chi connectivity index (χ1) is 9.65. The van der Waals surface area contributed by atoms with E-state index in [2.05, 4.69) is 0 Å². The number of methoxy groups -OCH3 is 1. The Balaban J connectivity index is 3.20. The van der Waals surface area contributed by atoms with E-state index in [4.69, 9.17) is 9.47 Å². The standard InChI is InChI=1S/C16H23NO4/c1-15(2,3)21-14(19)17(5)16(4,11-18)12-9-7-8-10-13(12)20-6/h7-11H,1-6H3. The van der Waals surface area contributed by atoms with Gasteiger partial charge in [0.2, 0.25) is 0 Å². The third kappa shape index (κ3) is 3.74. The van der Waals surface area contributed by atoms with Crippen LogP contribution in [0.5, 0.6) is 5.75 Å². The van der Waals surface area contributed by atoms with Gasteiger partial charge in [-0.1, -0.05) is 18.2 Å². The zero-order chi connectivity index (χ0) is 16.3. The quantitative estimate of drug-likeness (QED) is 0.801. The van der Waals surface area contributed by atoms with Crippen molar-refractivity contribution < 1.29 is 19.1 Å². The fourth-order valence-electron chi connectivity index (χ4n) is 1.91. The molecular formula is C16H23NO4. The summed E-state index contributed by atoms with van der Waals surface area (Å²) in [5, 5.41) is 0. The summed E-state index contributed by atoms with van der Waals surface area (Å²) in [5.74, 6) is 0.544. The van der Waals surface area contributed by atoms with E-state index >= 15 is 0 Å². The van der Waals surface area contributed by atoms with E-state index in [1.54, 1.807) is 52.0 Å². The maximum atomic E-state index is 12.2. The fourth-order valence-corrected chi connectivity index (χ4v) is 1.91. The molecule has 0 fully saturated rings. The highest BCUT2D eigenvalue weighted by molar-refractivity contribution is 5.78. The maximum absolute atomic E-state index is 12.2. The number of nitrogens with zero attached hydrogens (tertiary/aromatic N) is 1. The van der Waals surface area contributed by atoms with Crippen LogP contribution in [-0.2, 0) is 15.1 Å². The number of hydrogen-bond donors (Lipinski definition) is 0. The molecule has 1 aromatic carbocycles. The van der Waals surface area contributed by atoms with Gasteiger partial charge >= 0.3 is 6.09 Å². The number of amides is 1. The van der Waals surface area contributed by atoms with Crippen molar-refractivity contribution in [2.45, 2.75) is 38.8 Å². The normalized spacial score (nSPS) is 14.0. The van der Waals surface area contributed by atoms with Gasteiger partial charge in [-0.3, -0.25) is 4.90 Å². The topological polar surface area (TPSA) is 55.8 Å². The Hall–Kier alpha value is -2.04. The lowest BCUT2D eigenvalue weighted by atomic mass is 9.91. The molecule has 0 aliphatic heterocycles. The second kappa shape index (κ2) is 6.16. The van der Waals surface area contributed by atoms with Gasteiger partial charge < -0.3 is 14.3 Å². The summed E-state index contributed by atoms with van der Waals surface area (Å²) in [6.45, 7) is 6.99. The SMILES string of the molecule is COc1ccccc1C(C)(C=O)N(C)C(=O)OC(C)(C)C. The van der Waals surface area contributed by atoms with Crippen molar-refractivity contribution in [2.75, 3.05) is 14.2 Å². The smallest absolute Gasteiger partial charge is 0.411 e. The lowest BCUT2D eigenvalue weighted by molar-refractivity contribution is -0.117. The Bertz CT molecular complexity index is 521. The Morgan fingerprint density at radius 1 is 1.19 bits per heavy atom. The van der Waals surface area contributed by atoms with Gasteiger partial charge in [0.15, 0.2) is 0 Å². The molecule has 0 radical (unpaired) electrons. The van der Waals surface area contributed by atoms with Gasteiger partial charge in [-0.25, -0.2) is 4.79 Å². The van der Waals surface area contributed by atoms with Crippen LogP contribution in [0, 0.1) is 0 Å². The van der Waals surface area contributed by atoms with Crippen LogP contribution in [0.4, 0.5) is 4.79 Å². The molecule has 5 heteroatoms. The summed E-state index contributed by atoms with van der Waals surface area (Å²) in [6.07, 6.45) is 0.150. The third-order valence-corrected chi connectivity index (χ3v) is 3.25. The highest BCUT2D eigenvalue weighted by Gasteiger charge is 2.38. The van der Waals surface area contributed by atoms with Gasteiger partial charge in [-0.15, -0.1) is 0 Å². The summed E-state index contributed by atoms with van der Waals surface area (Å²) in [7, 11) is 3.06. The molecule has 0 saturated heterocycles. The molecule has 0 heterocycles. The molecular weight excluding hydrogens is 270 g/mol. The molecule has 1 aromatic rings. The van der Waals surface area contributed by atoms with Gasteiger partial charge in [0.05, 0.1) is 7.11 Å². The van der Waals surface area contributed by atoms with Crippen LogP contribution in [-0.4, -0.2) is 37.0 Å². The van der Waals surface area contributed by atoms with Gasteiger partial charge in [-0.05, 0) is 33.8 Å². The van der Waals surface area contributed by atoms with Gasteiger partial charge in [0.1, 0.15) is 23.2 Å². The molecule has 1 rings (SSSR count). The molecule has 1 atom stereocenters. The minimum atomic E-state index is -1.17. The van der Waals surface area contributed by atoms with Crippen LogP contribution in [0.3, 0.4) is 0 Å². The summed E-state index contributed by atoms with van der Waals surface area (Å²) in [5.41, 5.74) is -1.19. The highest BCUT2D eigenvalue weighted by Crippen LogP contribution is 2.33. The van der Waals surface area contributed by atoms with Crippen LogP contribution in [0.1, 0.15) is 33.3 Å². The molecule has 21 heavy (non-hydrogen) atoms. The van der Waals surface area contributed by atoms with Crippen molar-refractivity contribution in [3.8, 4) is 5.75 Å². The zero-order valence-electron chi connectivity index (χ0n) is 13.5. The molecule has 0 aliphatic carbocycles. The predicted molar refractivity (Wildman–Crippen MR) is 80.4 cm³/mol. The van der Waals surface area contributed by atoms with Crippen LogP contribution in [0.25, 0.3) is 0 Å². The average Bonchev–Trinajstić information content (AvgIpc) is 2.43. The number of ether oxygens (including phenoxy) is 2. The van der Waals surface area contributed by atoms with Crippen LogP contribution >= 0.6 is 0 Å². The van der Waals surface area contributed by atoms with Crippen molar-refractivity contribution in [3.05, 3.63) is 29.8 Å². The second-order valence-electron chi connectivity index (χ2n) is 6.01. The molecule has 0 N–H and O–H groups in total. The molecule has 0 aromatic heterocycles. The lowest BCUT2D eigenvalue weighted by Crippen LogP contribution is -2.48. The van der Waals surface area contributed by atoms with Gasteiger partial charge in [0, 0.05) is 12.6 Å². The second-order valence-corrected chi connectivity index (χ2v) is 6.01. The number of carbonyl (C=O) groups excluding carboxylic acids is 2. The first kappa shape index (κ1) is 17.0. The molecule has 0 bridgehead atoms. The third-order valence-electron chi connectivity index (χ3n) is 3.25. The summed E-state index contributed by atoms with van der Waals surface area (Å²) in [4.78, 5) is 25.2. The predicted octanol–water partition coefficient (Wildman–Crippen LogP) is 2.98. The minimum Gasteiger partial charge on any atom is -0.496 e. The first-order valence-electron chi connectivity index (χ1n) is 6.72. The molecule has 5 nitrogen and oxygen atoms in total. The van der Waals surface area contributed by atoms with Crippen molar-refractivity contribution in [2.24, 2.45) is 0 Å². The van der Waals surface area contributed by atoms with E-state index in [9.17, 15) is 9.59 Å². The Morgan fingerprint density at radius 3 is 2.24 bits per heavy atom. The zero-order valence-corrected chi connectivity index (χ0v) is 13.5. The largest absolute Gasteiger partial charge is 0.496 e. The first-order valence-corrected chi connectivity index (χ1v) is 6.72. The maximum Gasteiger partial charge on any atom is 0.411 e. The van der Waals surface area contributed by atoms with E-state index < -0.39 is 17.2 Å². The summed E-state index contributed by atoms with van der Waals surface area (Å²) in [6, 6.07) is 7.11. The molecule has 116 valence electrons. The Labute approximate surface area is 125 Å². The van der Waals surface area contributed by atoms with Crippen LogP contribution in [0.2, 0.25) is 0 Å². The summed E-state index contributed by atoms with van der Waals surface area (Å²) < 4.78 is 10.6. The fraction of sp³-hybridized carbons (Fsp3) is 0.500. The van der Waals surface area contributed by atoms with Crippen molar-refractivity contribution >= 4 is 12.4 Å². The Kier molecular flexibility index (Phi) is 4.99. The molecule has 0 spiro atoms. The van der Waals surface area contributed by atoms with E-state index in [0.717, 1.165) is 6.29 Å². The van der Waals surface area contributed by atoms with Crippen LogP contribution in [0.15, 0.2) is 24.3 Å². The van der Waals surface area contributed by atoms with E-state index in [0.29, 0.717) is 11.3 Å². The molecule has 0 aliphatic rings. The number of aldehydes is 1. The molecule has 0 saturated carbocycles. The number of benzene rings is 1. The van der Waals surface area contributed by atoms with Crippen molar-refractivity contribution in [1.29, 1.82) is 0 Å². The van der Waals surface area contributed by atoms with E-state index in [-0.39, 0.29) is 0 Å². The molecule has 1 amide bonds. The molecule has 1 unspecified atom stereocenters. The lowest BCUT2D eigenvalue weighted by Gasteiger charge is -2.36. The Morgan fingerprint density at radius 2 is 1.76 bits per heavy atom. The van der Waals surface area contributed by atoms with E-state index in [1.807, 2.05) is 0 Å². The van der Waals surface area contributed by atoms with E-state index in [1.165, 1.54) is 19.1 Å². The average molecular weight is 293 g/mol. The summed E-state index contributed by atoms with van der Waals surface area (Å²) >= 11 is 0. The van der Waals surface area contributed by atoms with Gasteiger partial charge in [-0.2, -0.15) is 0 Å². The van der Waals surface area contributed by atoms with Crippen molar-refractivity contribution in [3.63, 3.8) is 0 Å². The number of rotatable bonds is 4. The monoisotopic (exact) mass is 293 g/mol. The minimum absolute atomic E-state index is 0.544. The number of hydrogen-bond acceptors (Lipinski definition) is 4.